The molecule has 2 N–H and O–H groups in total. The van der Waals surface area contributed by atoms with Gasteiger partial charge in [0.15, 0.2) is 0 Å². The molecule has 0 aliphatic rings. The largest absolute Gasteiger partial charge is 0.488 e. The lowest BCUT2D eigenvalue weighted by Crippen LogP contribution is -2.05. The molecule has 0 radical (unpaired) electrons. The van der Waals surface area contributed by atoms with Crippen LogP contribution in [0.3, 0.4) is 0 Å². The van der Waals surface area contributed by atoms with Crippen LogP contribution >= 0.6 is 0 Å². The fourth-order valence-corrected chi connectivity index (χ4v) is 2.77. The lowest BCUT2D eigenvalue weighted by Gasteiger charge is -2.16. The van der Waals surface area contributed by atoms with Gasteiger partial charge in [0.05, 0.1) is 0 Å². The van der Waals surface area contributed by atoms with Crippen molar-refractivity contribution in [1.29, 1.82) is 0 Å². The van der Waals surface area contributed by atoms with E-state index in [1.54, 1.807) is 6.07 Å². The van der Waals surface area contributed by atoms with Crippen molar-refractivity contribution in [1.82, 2.24) is 0 Å². The van der Waals surface area contributed by atoms with E-state index in [1.807, 2.05) is 55.5 Å². The highest BCUT2D eigenvalue weighted by Crippen LogP contribution is 2.31. The minimum atomic E-state index is -0.246. The van der Waals surface area contributed by atoms with Gasteiger partial charge in [-0.25, -0.2) is 4.39 Å². The van der Waals surface area contributed by atoms with Gasteiger partial charge in [-0.15, -0.1) is 0 Å². The highest BCUT2D eigenvalue weighted by Gasteiger charge is 2.11. The van der Waals surface area contributed by atoms with Crippen molar-refractivity contribution in [2.75, 3.05) is 0 Å². The van der Waals surface area contributed by atoms with Crippen molar-refractivity contribution < 1.29 is 9.13 Å². The zero-order chi connectivity index (χ0) is 16.9. The van der Waals surface area contributed by atoms with Crippen LogP contribution in [0.2, 0.25) is 0 Å². The normalized spacial score (nSPS) is 10.6. The smallest absolute Gasteiger partial charge is 0.127 e. The van der Waals surface area contributed by atoms with Gasteiger partial charge in [-0.3, -0.25) is 0 Å². The summed E-state index contributed by atoms with van der Waals surface area (Å²) in [5.41, 5.74) is 10.7. The van der Waals surface area contributed by atoms with E-state index in [-0.39, 0.29) is 5.82 Å². The summed E-state index contributed by atoms with van der Waals surface area (Å²) >= 11 is 0. The van der Waals surface area contributed by atoms with Crippen LogP contribution < -0.4 is 10.5 Å². The Morgan fingerprint density at radius 3 is 2.42 bits per heavy atom. The molecule has 24 heavy (non-hydrogen) atoms. The van der Waals surface area contributed by atoms with E-state index in [0.29, 0.717) is 13.2 Å². The Labute approximate surface area is 141 Å². The molecular weight excluding hydrogens is 301 g/mol. The SMILES string of the molecule is Cc1cc(-c2cccc(F)c2)cc(CN)c1OCc1ccccc1. The summed E-state index contributed by atoms with van der Waals surface area (Å²) in [7, 11) is 0. The summed E-state index contributed by atoms with van der Waals surface area (Å²) in [6, 6.07) is 20.6. The first-order valence-corrected chi connectivity index (χ1v) is 7.93. The molecular formula is C21H20FNO. The number of aryl methyl sites for hydroxylation is 1. The lowest BCUT2D eigenvalue weighted by molar-refractivity contribution is 0.301. The Morgan fingerprint density at radius 1 is 0.917 bits per heavy atom. The van der Waals surface area contributed by atoms with Gasteiger partial charge in [0, 0.05) is 12.1 Å². The van der Waals surface area contributed by atoms with E-state index in [9.17, 15) is 4.39 Å². The van der Waals surface area contributed by atoms with E-state index >= 15 is 0 Å². The molecule has 0 saturated heterocycles. The second-order valence-corrected chi connectivity index (χ2v) is 5.77. The van der Waals surface area contributed by atoms with E-state index in [2.05, 4.69) is 0 Å². The zero-order valence-electron chi connectivity index (χ0n) is 13.6. The van der Waals surface area contributed by atoms with Crippen molar-refractivity contribution >= 4 is 0 Å². The van der Waals surface area contributed by atoms with Crippen LogP contribution in [-0.2, 0) is 13.2 Å². The molecule has 3 heteroatoms. The van der Waals surface area contributed by atoms with Gasteiger partial charge in [0.1, 0.15) is 18.2 Å². The van der Waals surface area contributed by atoms with Crippen molar-refractivity contribution in [2.24, 2.45) is 5.73 Å². The number of rotatable bonds is 5. The van der Waals surface area contributed by atoms with Gasteiger partial charge in [-0.1, -0.05) is 42.5 Å². The number of ether oxygens (including phenoxy) is 1. The third-order valence-electron chi connectivity index (χ3n) is 3.96. The molecule has 0 aromatic heterocycles. The van der Waals surface area contributed by atoms with Crippen molar-refractivity contribution in [3.8, 4) is 16.9 Å². The predicted octanol–water partition coefficient (Wildman–Crippen LogP) is 4.84. The predicted molar refractivity (Wildman–Crippen MR) is 95.2 cm³/mol. The van der Waals surface area contributed by atoms with Gasteiger partial charge in [-0.2, -0.15) is 0 Å². The average Bonchev–Trinajstić information content (AvgIpc) is 2.61. The number of hydrogen-bond donors (Lipinski definition) is 1. The second kappa shape index (κ2) is 7.28. The van der Waals surface area contributed by atoms with Crippen LogP contribution in [0.15, 0.2) is 66.7 Å². The summed E-state index contributed by atoms with van der Waals surface area (Å²) in [5.74, 6) is 0.561. The lowest BCUT2D eigenvalue weighted by atomic mass is 9.99. The van der Waals surface area contributed by atoms with Gasteiger partial charge in [0.25, 0.3) is 0 Å². The maximum atomic E-state index is 13.5. The van der Waals surface area contributed by atoms with Crippen LogP contribution in [0.25, 0.3) is 11.1 Å². The van der Waals surface area contributed by atoms with Crippen LogP contribution in [0.4, 0.5) is 4.39 Å². The van der Waals surface area contributed by atoms with Gasteiger partial charge in [0.2, 0.25) is 0 Å². The van der Waals surface area contributed by atoms with Crippen molar-refractivity contribution in [2.45, 2.75) is 20.1 Å². The third-order valence-corrected chi connectivity index (χ3v) is 3.96. The number of halogens is 1. The van der Waals surface area contributed by atoms with Crippen molar-refractivity contribution in [3.63, 3.8) is 0 Å². The van der Waals surface area contributed by atoms with Crippen LogP contribution in [0.5, 0.6) is 5.75 Å². The van der Waals surface area contributed by atoms with E-state index in [4.69, 9.17) is 10.5 Å². The summed E-state index contributed by atoms with van der Waals surface area (Å²) in [4.78, 5) is 0. The van der Waals surface area contributed by atoms with Crippen LogP contribution in [-0.4, -0.2) is 0 Å². The van der Waals surface area contributed by atoms with E-state index in [1.165, 1.54) is 12.1 Å². The molecule has 0 fully saturated rings. The first-order chi connectivity index (χ1) is 11.7. The Kier molecular flexibility index (Phi) is 4.92. The summed E-state index contributed by atoms with van der Waals surface area (Å²) in [5, 5.41) is 0. The monoisotopic (exact) mass is 321 g/mol. The highest BCUT2D eigenvalue weighted by atomic mass is 19.1. The molecule has 0 unspecified atom stereocenters. The molecule has 0 bridgehead atoms. The molecule has 0 heterocycles. The quantitative estimate of drug-likeness (QED) is 0.730. The molecule has 122 valence electrons. The second-order valence-electron chi connectivity index (χ2n) is 5.77. The minimum absolute atomic E-state index is 0.246. The molecule has 3 aromatic carbocycles. The van der Waals surface area contributed by atoms with Gasteiger partial charge >= 0.3 is 0 Å². The molecule has 2 nitrogen and oxygen atoms in total. The Hall–Kier alpha value is -2.65. The molecule has 3 rings (SSSR count). The fourth-order valence-electron chi connectivity index (χ4n) is 2.77. The van der Waals surface area contributed by atoms with Gasteiger partial charge < -0.3 is 10.5 Å². The molecule has 0 spiro atoms. The average molecular weight is 321 g/mol. The summed E-state index contributed by atoms with van der Waals surface area (Å²) in [6.07, 6.45) is 0. The Morgan fingerprint density at radius 2 is 1.71 bits per heavy atom. The standard InChI is InChI=1S/C21H20FNO/c1-15-10-18(17-8-5-9-20(22)12-17)11-19(13-23)21(15)24-14-16-6-3-2-4-7-16/h2-12H,13-14,23H2,1H3. The van der Waals surface area contributed by atoms with Crippen LogP contribution in [0, 0.1) is 12.7 Å². The summed E-state index contributed by atoms with van der Waals surface area (Å²) in [6.45, 7) is 2.85. The fraction of sp³-hybridized carbons (Fsp3) is 0.143. The molecule has 0 aliphatic heterocycles. The topological polar surface area (TPSA) is 35.2 Å². The molecule has 0 amide bonds. The van der Waals surface area contributed by atoms with E-state index < -0.39 is 0 Å². The maximum Gasteiger partial charge on any atom is 0.127 e. The van der Waals surface area contributed by atoms with Crippen molar-refractivity contribution in [3.05, 3.63) is 89.2 Å². The first-order valence-electron chi connectivity index (χ1n) is 7.93. The Balaban J connectivity index is 1.90. The molecule has 0 aliphatic carbocycles. The maximum absolute atomic E-state index is 13.5. The third kappa shape index (κ3) is 3.63. The number of benzene rings is 3. The summed E-state index contributed by atoms with van der Waals surface area (Å²) < 4.78 is 19.5. The highest BCUT2D eigenvalue weighted by molar-refractivity contribution is 5.67. The van der Waals surface area contributed by atoms with Gasteiger partial charge in [-0.05, 0) is 53.4 Å². The first kappa shape index (κ1) is 16.2. The van der Waals surface area contributed by atoms with E-state index in [0.717, 1.165) is 33.6 Å². The zero-order valence-corrected chi connectivity index (χ0v) is 13.6. The Bertz CT molecular complexity index is 830. The molecule has 0 atom stereocenters. The van der Waals surface area contributed by atoms with Crippen LogP contribution in [0.1, 0.15) is 16.7 Å². The number of nitrogens with two attached hydrogens (primary N) is 1. The minimum Gasteiger partial charge on any atom is -0.488 e. The molecule has 3 aromatic rings. The number of hydrogen-bond acceptors (Lipinski definition) is 2. The molecule has 0 saturated carbocycles.